The molecule has 0 aromatic rings. The molecule has 1 spiro atoms. The van der Waals surface area contributed by atoms with Crippen molar-refractivity contribution in [3.63, 3.8) is 0 Å². The lowest BCUT2D eigenvalue weighted by Gasteiger charge is -2.32. The lowest BCUT2D eigenvalue weighted by atomic mass is 9.93. The molecule has 0 bridgehead atoms. The van der Waals surface area contributed by atoms with E-state index in [1.165, 1.54) is 43.0 Å². The Labute approximate surface area is 108 Å². The van der Waals surface area contributed by atoms with Gasteiger partial charge in [0.05, 0.1) is 11.6 Å². The van der Waals surface area contributed by atoms with Gasteiger partial charge in [0.2, 0.25) is 0 Å². The number of thioether (sulfide) groups is 1. The van der Waals surface area contributed by atoms with Crippen molar-refractivity contribution in [2.24, 2.45) is 4.99 Å². The van der Waals surface area contributed by atoms with E-state index in [1.807, 2.05) is 11.8 Å². The van der Waals surface area contributed by atoms with Crippen LogP contribution in [0.4, 0.5) is 0 Å². The molecule has 2 saturated heterocycles. The van der Waals surface area contributed by atoms with Crippen molar-refractivity contribution >= 4 is 16.9 Å². The SMILES string of the molecule is C1CCC(N=C2NC3(CCOCC3)CS2)CC1. The smallest absolute Gasteiger partial charge is 0.157 e. The topological polar surface area (TPSA) is 33.6 Å². The molecule has 2 heterocycles. The van der Waals surface area contributed by atoms with Crippen LogP contribution in [-0.4, -0.2) is 35.7 Å². The van der Waals surface area contributed by atoms with E-state index in [9.17, 15) is 0 Å². The lowest BCUT2D eigenvalue weighted by Crippen LogP contribution is -2.48. The van der Waals surface area contributed by atoms with Gasteiger partial charge in [-0.05, 0) is 25.7 Å². The van der Waals surface area contributed by atoms with Crippen LogP contribution >= 0.6 is 11.8 Å². The zero-order chi connectivity index (χ0) is 11.6. The van der Waals surface area contributed by atoms with Gasteiger partial charge in [-0.3, -0.25) is 4.99 Å². The van der Waals surface area contributed by atoms with E-state index in [2.05, 4.69) is 5.32 Å². The van der Waals surface area contributed by atoms with Crippen LogP contribution in [0.5, 0.6) is 0 Å². The van der Waals surface area contributed by atoms with Crippen molar-refractivity contribution in [1.29, 1.82) is 0 Å². The summed E-state index contributed by atoms with van der Waals surface area (Å²) >= 11 is 1.92. The summed E-state index contributed by atoms with van der Waals surface area (Å²) < 4.78 is 5.45. The molecule has 0 atom stereocenters. The van der Waals surface area contributed by atoms with Crippen LogP contribution < -0.4 is 5.32 Å². The minimum atomic E-state index is 0.302. The Hall–Kier alpha value is -0.220. The molecule has 17 heavy (non-hydrogen) atoms. The Balaban J connectivity index is 1.60. The minimum absolute atomic E-state index is 0.302. The maximum absolute atomic E-state index is 5.45. The zero-order valence-corrected chi connectivity index (χ0v) is 11.2. The number of ether oxygens (including phenoxy) is 1. The fourth-order valence-electron chi connectivity index (χ4n) is 2.98. The first-order chi connectivity index (χ1) is 8.36. The quantitative estimate of drug-likeness (QED) is 0.781. The fraction of sp³-hybridized carbons (Fsp3) is 0.923. The molecule has 0 aromatic carbocycles. The van der Waals surface area contributed by atoms with Gasteiger partial charge < -0.3 is 10.1 Å². The molecule has 0 aromatic heterocycles. The lowest BCUT2D eigenvalue weighted by molar-refractivity contribution is 0.0555. The van der Waals surface area contributed by atoms with Gasteiger partial charge >= 0.3 is 0 Å². The number of aliphatic imine (C=N–C) groups is 1. The second-order valence-corrected chi connectivity index (χ2v) is 6.50. The van der Waals surface area contributed by atoms with E-state index in [0.29, 0.717) is 11.6 Å². The molecule has 3 fully saturated rings. The van der Waals surface area contributed by atoms with Crippen molar-refractivity contribution in [1.82, 2.24) is 5.32 Å². The van der Waals surface area contributed by atoms with Gasteiger partial charge in [0.25, 0.3) is 0 Å². The van der Waals surface area contributed by atoms with Crippen LogP contribution in [0, 0.1) is 0 Å². The van der Waals surface area contributed by atoms with E-state index >= 15 is 0 Å². The van der Waals surface area contributed by atoms with Gasteiger partial charge in [0.15, 0.2) is 5.17 Å². The summed E-state index contributed by atoms with van der Waals surface area (Å²) in [6.07, 6.45) is 9.01. The van der Waals surface area contributed by atoms with Crippen molar-refractivity contribution < 1.29 is 4.74 Å². The Morgan fingerprint density at radius 3 is 2.71 bits per heavy atom. The molecule has 3 nitrogen and oxygen atoms in total. The van der Waals surface area contributed by atoms with Crippen LogP contribution in [0.1, 0.15) is 44.9 Å². The molecule has 0 amide bonds. The second-order valence-electron chi connectivity index (χ2n) is 5.53. The van der Waals surface area contributed by atoms with Gasteiger partial charge in [0, 0.05) is 19.0 Å². The number of hydrogen-bond donors (Lipinski definition) is 1. The number of nitrogens with one attached hydrogen (secondary N) is 1. The Kier molecular flexibility index (Phi) is 3.61. The maximum atomic E-state index is 5.45. The van der Waals surface area contributed by atoms with E-state index in [-0.39, 0.29) is 0 Å². The Bertz CT molecular complexity index is 294. The summed E-state index contributed by atoms with van der Waals surface area (Å²) in [7, 11) is 0. The van der Waals surface area contributed by atoms with Crippen LogP contribution in [-0.2, 0) is 4.74 Å². The molecular weight excluding hydrogens is 232 g/mol. The Morgan fingerprint density at radius 1 is 1.18 bits per heavy atom. The zero-order valence-electron chi connectivity index (χ0n) is 10.4. The summed E-state index contributed by atoms with van der Waals surface area (Å²) in [6.45, 7) is 1.81. The Morgan fingerprint density at radius 2 is 1.94 bits per heavy atom. The summed E-state index contributed by atoms with van der Waals surface area (Å²) in [4.78, 5) is 4.91. The number of amidine groups is 1. The maximum Gasteiger partial charge on any atom is 0.157 e. The monoisotopic (exact) mass is 254 g/mol. The number of rotatable bonds is 1. The highest BCUT2D eigenvalue weighted by atomic mass is 32.2. The molecule has 4 heteroatoms. The third kappa shape index (κ3) is 2.79. The third-order valence-electron chi connectivity index (χ3n) is 4.18. The molecule has 3 rings (SSSR count). The van der Waals surface area contributed by atoms with Crippen LogP contribution in [0.3, 0.4) is 0 Å². The molecule has 1 saturated carbocycles. The van der Waals surface area contributed by atoms with Crippen LogP contribution in [0.15, 0.2) is 4.99 Å². The van der Waals surface area contributed by atoms with Gasteiger partial charge in [-0.1, -0.05) is 31.0 Å². The third-order valence-corrected chi connectivity index (χ3v) is 5.36. The van der Waals surface area contributed by atoms with E-state index in [1.54, 1.807) is 0 Å². The first-order valence-electron chi connectivity index (χ1n) is 6.93. The summed E-state index contributed by atoms with van der Waals surface area (Å²) in [6, 6.07) is 0.591. The van der Waals surface area contributed by atoms with E-state index < -0.39 is 0 Å². The summed E-state index contributed by atoms with van der Waals surface area (Å²) in [5.74, 6) is 1.18. The largest absolute Gasteiger partial charge is 0.381 e. The average Bonchev–Trinajstić information content (AvgIpc) is 2.74. The van der Waals surface area contributed by atoms with Crippen molar-refractivity contribution in [2.45, 2.75) is 56.5 Å². The first kappa shape index (κ1) is 11.8. The predicted octanol–water partition coefficient (Wildman–Crippen LogP) is 2.56. The van der Waals surface area contributed by atoms with Gasteiger partial charge in [-0.25, -0.2) is 0 Å². The highest BCUT2D eigenvalue weighted by molar-refractivity contribution is 8.14. The molecular formula is C13H22N2OS. The number of hydrogen-bond acceptors (Lipinski definition) is 3. The molecule has 96 valence electrons. The molecule has 0 unspecified atom stereocenters. The number of nitrogens with zero attached hydrogens (tertiary/aromatic N) is 1. The van der Waals surface area contributed by atoms with E-state index in [0.717, 1.165) is 26.1 Å². The molecule has 2 aliphatic heterocycles. The van der Waals surface area contributed by atoms with E-state index in [4.69, 9.17) is 9.73 Å². The highest BCUT2D eigenvalue weighted by Gasteiger charge is 2.38. The average molecular weight is 254 g/mol. The first-order valence-corrected chi connectivity index (χ1v) is 7.91. The molecule has 1 N–H and O–H groups in total. The van der Waals surface area contributed by atoms with Crippen molar-refractivity contribution in [3.05, 3.63) is 0 Å². The van der Waals surface area contributed by atoms with Gasteiger partial charge in [0.1, 0.15) is 0 Å². The summed E-state index contributed by atoms with van der Waals surface area (Å²) in [5.41, 5.74) is 0.302. The molecule has 3 aliphatic rings. The standard InChI is InChI=1S/C13H22N2OS/c1-2-4-11(5-3-1)14-12-15-13(10-17-12)6-8-16-9-7-13/h11H,1-10H2,(H,14,15). The predicted molar refractivity (Wildman–Crippen MR) is 72.7 cm³/mol. The van der Waals surface area contributed by atoms with Crippen LogP contribution in [0.25, 0.3) is 0 Å². The van der Waals surface area contributed by atoms with Crippen molar-refractivity contribution in [3.8, 4) is 0 Å². The van der Waals surface area contributed by atoms with Crippen LogP contribution in [0.2, 0.25) is 0 Å². The van der Waals surface area contributed by atoms with Gasteiger partial charge in [-0.15, -0.1) is 0 Å². The molecule has 1 aliphatic carbocycles. The highest BCUT2D eigenvalue weighted by Crippen LogP contribution is 2.32. The second kappa shape index (κ2) is 5.19. The summed E-state index contributed by atoms with van der Waals surface area (Å²) in [5, 5.41) is 4.89. The molecule has 0 radical (unpaired) electrons. The fourth-order valence-corrected chi connectivity index (χ4v) is 4.27. The normalized spacial score (nSPS) is 31.9. The van der Waals surface area contributed by atoms with Gasteiger partial charge in [-0.2, -0.15) is 0 Å². The minimum Gasteiger partial charge on any atom is -0.381 e. The van der Waals surface area contributed by atoms with Crippen molar-refractivity contribution in [2.75, 3.05) is 19.0 Å².